The lowest BCUT2D eigenvalue weighted by atomic mass is 9.99. The number of carbonyl (C=O) groups is 1. The van der Waals surface area contributed by atoms with Gasteiger partial charge in [0.1, 0.15) is 12.4 Å². The van der Waals surface area contributed by atoms with E-state index >= 15 is 0 Å². The molecule has 1 fully saturated rings. The molecule has 0 aliphatic carbocycles. The van der Waals surface area contributed by atoms with Gasteiger partial charge in [0.05, 0.1) is 6.54 Å². The molecule has 0 bridgehead atoms. The van der Waals surface area contributed by atoms with E-state index in [0.29, 0.717) is 13.2 Å². The Balaban J connectivity index is 1.39. The van der Waals surface area contributed by atoms with Crippen molar-refractivity contribution in [2.45, 2.75) is 33.6 Å². The molecule has 1 saturated heterocycles. The number of urea groups is 1. The van der Waals surface area contributed by atoms with Crippen molar-refractivity contribution in [2.75, 3.05) is 36.5 Å². The lowest BCUT2D eigenvalue weighted by Gasteiger charge is -2.32. The highest BCUT2D eigenvalue weighted by Crippen LogP contribution is 2.24. The largest absolute Gasteiger partial charge is 0.491 e. The summed E-state index contributed by atoms with van der Waals surface area (Å²) in [5, 5.41) is 5.70. The first kappa shape index (κ1) is 20.1. The van der Waals surface area contributed by atoms with E-state index in [-0.39, 0.29) is 6.03 Å². The molecule has 2 N–H and O–H groups in total. The van der Waals surface area contributed by atoms with E-state index in [2.05, 4.69) is 47.6 Å². The molecule has 0 saturated carbocycles. The summed E-state index contributed by atoms with van der Waals surface area (Å²) in [6, 6.07) is 13.9. The highest BCUT2D eigenvalue weighted by atomic mass is 16.5. The van der Waals surface area contributed by atoms with E-state index in [9.17, 15) is 4.79 Å². The topological polar surface area (TPSA) is 53.6 Å². The van der Waals surface area contributed by atoms with Gasteiger partial charge in [-0.05, 0) is 68.5 Å². The number of piperidine rings is 1. The second kappa shape index (κ2) is 9.49. The number of rotatable bonds is 6. The summed E-state index contributed by atoms with van der Waals surface area (Å²) in [4.78, 5) is 14.5. The number of hydrogen-bond acceptors (Lipinski definition) is 3. The van der Waals surface area contributed by atoms with E-state index in [1.54, 1.807) is 0 Å². The van der Waals surface area contributed by atoms with Gasteiger partial charge in [0, 0.05) is 24.5 Å². The van der Waals surface area contributed by atoms with Crippen LogP contribution in [0.5, 0.6) is 5.75 Å². The normalized spacial score (nSPS) is 14.6. The van der Waals surface area contributed by atoms with E-state index in [4.69, 9.17) is 4.74 Å². The number of nitrogens with zero attached hydrogens (tertiary/aromatic N) is 1. The monoisotopic (exact) mass is 381 g/mol. The summed E-state index contributed by atoms with van der Waals surface area (Å²) in [7, 11) is 0. The van der Waals surface area contributed by atoms with Crippen molar-refractivity contribution in [3.8, 4) is 5.75 Å². The Morgan fingerprint density at radius 1 is 1.11 bits per heavy atom. The fraction of sp³-hybridized carbons (Fsp3) is 0.435. The zero-order chi connectivity index (χ0) is 19.9. The van der Waals surface area contributed by atoms with Crippen LogP contribution in [-0.4, -0.2) is 32.3 Å². The lowest BCUT2D eigenvalue weighted by Crippen LogP contribution is -2.33. The third-order valence-corrected chi connectivity index (χ3v) is 5.25. The number of aryl methyl sites for hydroxylation is 2. The summed E-state index contributed by atoms with van der Waals surface area (Å²) < 4.78 is 5.73. The molecule has 1 aliphatic heterocycles. The molecule has 5 nitrogen and oxygen atoms in total. The highest BCUT2D eigenvalue weighted by molar-refractivity contribution is 5.89. The fourth-order valence-electron chi connectivity index (χ4n) is 3.48. The second-order valence-corrected chi connectivity index (χ2v) is 7.71. The average Bonchev–Trinajstić information content (AvgIpc) is 2.68. The number of amides is 2. The maximum atomic E-state index is 12.1. The molecule has 28 heavy (non-hydrogen) atoms. The van der Waals surface area contributed by atoms with Crippen LogP contribution in [0.25, 0.3) is 0 Å². The van der Waals surface area contributed by atoms with Crippen molar-refractivity contribution in [3.05, 3.63) is 53.6 Å². The first-order valence-electron chi connectivity index (χ1n) is 10.1. The van der Waals surface area contributed by atoms with Crippen molar-refractivity contribution in [3.63, 3.8) is 0 Å². The zero-order valence-electron chi connectivity index (χ0n) is 17.1. The van der Waals surface area contributed by atoms with Crippen molar-refractivity contribution >= 4 is 17.4 Å². The van der Waals surface area contributed by atoms with Gasteiger partial charge in [0.25, 0.3) is 0 Å². The Hall–Kier alpha value is -2.69. The number of nitrogens with one attached hydrogen (secondary N) is 2. The van der Waals surface area contributed by atoms with Gasteiger partial charge in [0.2, 0.25) is 0 Å². The van der Waals surface area contributed by atoms with Crippen LogP contribution in [0.15, 0.2) is 42.5 Å². The molecule has 3 rings (SSSR count). The van der Waals surface area contributed by atoms with Crippen LogP contribution in [-0.2, 0) is 0 Å². The van der Waals surface area contributed by atoms with Gasteiger partial charge in [-0.25, -0.2) is 4.79 Å². The number of benzene rings is 2. The molecule has 0 unspecified atom stereocenters. The molecular formula is C23H31N3O2. The van der Waals surface area contributed by atoms with Gasteiger partial charge in [-0.2, -0.15) is 0 Å². The van der Waals surface area contributed by atoms with Crippen molar-refractivity contribution in [1.29, 1.82) is 0 Å². The van der Waals surface area contributed by atoms with Gasteiger partial charge < -0.3 is 20.3 Å². The predicted octanol–water partition coefficient (Wildman–Crippen LogP) is 4.74. The van der Waals surface area contributed by atoms with Crippen LogP contribution >= 0.6 is 0 Å². The van der Waals surface area contributed by atoms with Crippen LogP contribution < -0.4 is 20.3 Å². The van der Waals surface area contributed by atoms with E-state index < -0.39 is 0 Å². The first-order chi connectivity index (χ1) is 13.5. The molecule has 0 atom stereocenters. The number of anilines is 2. The quantitative estimate of drug-likeness (QED) is 0.711. The van der Waals surface area contributed by atoms with Crippen LogP contribution in [0.2, 0.25) is 0 Å². The van der Waals surface area contributed by atoms with Crippen LogP contribution in [0, 0.1) is 19.8 Å². The standard InChI is InChI=1S/C23H31N3O2/c1-17-10-13-26(14-11-17)21-7-5-20(6-8-21)25-23(27)24-12-15-28-22-9-4-18(2)16-19(22)3/h4-9,16-17H,10-15H2,1-3H3,(H2,24,25,27). The average molecular weight is 382 g/mol. The maximum absolute atomic E-state index is 12.1. The summed E-state index contributed by atoms with van der Waals surface area (Å²) >= 11 is 0. The molecule has 150 valence electrons. The number of hydrogen-bond donors (Lipinski definition) is 2. The summed E-state index contributed by atoms with van der Waals surface area (Å²) in [5.41, 5.74) is 4.33. The van der Waals surface area contributed by atoms with Crippen molar-refractivity contribution in [1.82, 2.24) is 5.32 Å². The lowest BCUT2D eigenvalue weighted by molar-refractivity contribution is 0.247. The van der Waals surface area contributed by atoms with E-state index in [0.717, 1.165) is 36.0 Å². The predicted molar refractivity (Wildman–Crippen MR) is 115 cm³/mol. The fourth-order valence-corrected chi connectivity index (χ4v) is 3.48. The van der Waals surface area contributed by atoms with Gasteiger partial charge in [-0.3, -0.25) is 0 Å². The minimum atomic E-state index is -0.219. The first-order valence-corrected chi connectivity index (χ1v) is 10.1. The SMILES string of the molecule is Cc1ccc(OCCNC(=O)Nc2ccc(N3CCC(C)CC3)cc2)c(C)c1. The molecule has 0 spiro atoms. The Labute approximate surface area is 168 Å². The zero-order valence-corrected chi connectivity index (χ0v) is 17.1. The third kappa shape index (κ3) is 5.65. The Morgan fingerprint density at radius 2 is 1.82 bits per heavy atom. The molecule has 1 heterocycles. The molecule has 2 aromatic carbocycles. The molecule has 1 aliphatic rings. The Kier molecular flexibility index (Phi) is 6.80. The second-order valence-electron chi connectivity index (χ2n) is 7.71. The summed E-state index contributed by atoms with van der Waals surface area (Å²) in [5.74, 6) is 1.68. The van der Waals surface area contributed by atoms with E-state index in [1.807, 2.05) is 31.2 Å². The van der Waals surface area contributed by atoms with Crippen LogP contribution in [0.4, 0.5) is 16.2 Å². The summed E-state index contributed by atoms with van der Waals surface area (Å²) in [6.07, 6.45) is 2.49. The maximum Gasteiger partial charge on any atom is 0.319 e. The van der Waals surface area contributed by atoms with Crippen LogP contribution in [0.3, 0.4) is 0 Å². The van der Waals surface area contributed by atoms with Crippen molar-refractivity contribution < 1.29 is 9.53 Å². The van der Waals surface area contributed by atoms with Gasteiger partial charge in [-0.15, -0.1) is 0 Å². The molecule has 2 amide bonds. The minimum absolute atomic E-state index is 0.219. The number of ether oxygens (including phenoxy) is 1. The molecule has 5 heteroatoms. The summed E-state index contributed by atoms with van der Waals surface area (Å²) in [6.45, 7) is 9.49. The molecular weight excluding hydrogens is 350 g/mol. The van der Waals surface area contributed by atoms with Crippen molar-refractivity contribution in [2.24, 2.45) is 5.92 Å². The van der Waals surface area contributed by atoms with Gasteiger partial charge >= 0.3 is 6.03 Å². The Bertz CT molecular complexity index is 781. The smallest absolute Gasteiger partial charge is 0.319 e. The van der Waals surface area contributed by atoms with Crippen LogP contribution in [0.1, 0.15) is 30.9 Å². The van der Waals surface area contributed by atoms with Gasteiger partial charge in [-0.1, -0.05) is 24.6 Å². The third-order valence-electron chi connectivity index (χ3n) is 5.25. The minimum Gasteiger partial charge on any atom is -0.491 e. The van der Waals surface area contributed by atoms with Gasteiger partial charge in [0.15, 0.2) is 0 Å². The number of carbonyl (C=O) groups excluding carboxylic acids is 1. The molecule has 0 radical (unpaired) electrons. The van der Waals surface area contributed by atoms with E-state index in [1.165, 1.54) is 24.1 Å². The highest BCUT2D eigenvalue weighted by Gasteiger charge is 2.15. The molecule has 0 aromatic heterocycles. The Morgan fingerprint density at radius 3 is 2.50 bits per heavy atom. The molecule has 2 aromatic rings.